The molecule has 0 aromatic heterocycles. The number of hydrogen-bond donors (Lipinski definition) is 2. The highest BCUT2D eigenvalue weighted by molar-refractivity contribution is 5.32. The van der Waals surface area contributed by atoms with Crippen molar-refractivity contribution in [3.63, 3.8) is 0 Å². The largest absolute Gasteiger partial charge is 0.495 e. The molecule has 0 saturated heterocycles. The molecule has 13 heavy (non-hydrogen) atoms. The van der Waals surface area contributed by atoms with E-state index in [-0.39, 0.29) is 6.61 Å². The van der Waals surface area contributed by atoms with Crippen molar-refractivity contribution in [1.29, 1.82) is 0 Å². The standard InChI is InChI=1S/C9H14N2O2/c1-13-9-5-2-6-11(10)8(9)4-3-7-12/h2,4-6,12H,3,7,10H2,1H3/b8-4-. The van der Waals surface area contributed by atoms with Crippen molar-refractivity contribution in [2.75, 3.05) is 13.7 Å². The molecule has 1 aliphatic rings. The van der Waals surface area contributed by atoms with Gasteiger partial charge in [0, 0.05) is 12.8 Å². The van der Waals surface area contributed by atoms with Gasteiger partial charge in [0.25, 0.3) is 0 Å². The van der Waals surface area contributed by atoms with E-state index in [0.717, 1.165) is 5.70 Å². The fraction of sp³-hybridized carbons (Fsp3) is 0.333. The van der Waals surface area contributed by atoms with Gasteiger partial charge in [-0.3, -0.25) is 5.01 Å². The smallest absolute Gasteiger partial charge is 0.143 e. The monoisotopic (exact) mass is 182 g/mol. The van der Waals surface area contributed by atoms with Gasteiger partial charge in [-0.05, 0) is 18.6 Å². The van der Waals surface area contributed by atoms with Gasteiger partial charge in [0.15, 0.2) is 0 Å². The molecule has 0 atom stereocenters. The van der Waals surface area contributed by atoms with Crippen molar-refractivity contribution in [3.8, 4) is 0 Å². The Morgan fingerprint density at radius 2 is 2.46 bits per heavy atom. The Labute approximate surface area is 77.6 Å². The molecule has 0 fully saturated rings. The molecule has 1 heterocycles. The highest BCUT2D eigenvalue weighted by Crippen LogP contribution is 2.18. The minimum atomic E-state index is 0.109. The highest BCUT2D eigenvalue weighted by Gasteiger charge is 2.11. The number of hydrazine groups is 1. The molecule has 72 valence electrons. The summed E-state index contributed by atoms with van der Waals surface area (Å²) < 4.78 is 5.11. The average molecular weight is 182 g/mol. The van der Waals surface area contributed by atoms with E-state index in [1.165, 1.54) is 5.01 Å². The molecule has 4 heteroatoms. The molecule has 0 radical (unpaired) electrons. The molecule has 0 aromatic carbocycles. The number of ether oxygens (including phenoxy) is 1. The van der Waals surface area contributed by atoms with Crippen LogP contribution in [-0.2, 0) is 4.74 Å². The van der Waals surface area contributed by atoms with E-state index in [4.69, 9.17) is 15.7 Å². The van der Waals surface area contributed by atoms with Gasteiger partial charge in [-0.15, -0.1) is 0 Å². The van der Waals surface area contributed by atoms with Gasteiger partial charge in [-0.1, -0.05) is 6.08 Å². The van der Waals surface area contributed by atoms with Crippen molar-refractivity contribution >= 4 is 0 Å². The summed E-state index contributed by atoms with van der Waals surface area (Å²) in [6, 6.07) is 0. The molecule has 4 nitrogen and oxygen atoms in total. The van der Waals surface area contributed by atoms with Crippen LogP contribution in [0.4, 0.5) is 0 Å². The molecule has 0 aromatic rings. The van der Waals surface area contributed by atoms with Gasteiger partial charge >= 0.3 is 0 Å². The van der Waals surface area contributed by atoms with E-state index in [9.17, 15) is 0 Å². The third-order valence-electron chi connectivity index (χ3n) is 1.71. The van der Waals surface area contributed by atoms with Crippen molar-refractivity contribution in [2.45, 2.75) is 6.42 Å². The molecule has 0 amide bonds. The first-order valence-electron chi connectivity index (χ1n) is 4.07. The molecule has 0 unspecified atom stereocenters. The third kappa shape index (κ3) is 2.34. The van der Waals surface area contributed by atoms with Crippen LogP contribution in [0.3, 0.4) is 0 Å². The normalized spacial score (nSPS) is 19.2. The molecule has 1 rings (SSSR count). The zero-order valence-corrected chi connectivity index (χ0v) is 7.60. The second kappa shape index (κ2) is 4.69. The number of nitrogens with two attached hydrogens (primary N) is 1. The maximum atomic E-state index is 8.66. The van der Waals surface area contributed by atoms with E-state index in [0.29, 0.717) is 12.2 Å². The van der Waals surface area contributed by atoms with Gasteiger partial charge in [-0.2, -0.15) is 0 Å². The lowest BCUT2D eigenvalue weighted by atomic mass is 10.2. The van der Waals surface area contributed by atoms with Crippen LogP contribution in [0.15, 0.2) is 35.9 Å². The first-order chi connectivity index (χ1) is 6.29. The van der Waals surface area contributed by atoms with Gasteiger partial charge in [0.1, 0.15) is 5.76 Å². The Bertz CT molecular complexity index is 256. The SMILES string of the molecule is COC1=CC=CN(N)/C1=C\CCO. The van der Waals surface area contributed by atoms with Crippen molar-refractivity contribution < 1.29 is 9.84 Å². The van der Waals surface area contributed by atoms with Crippen LogP contribution < -0.4 is 5.84 Å². The zero-order chi connectivity index (χ0) is 9.68. The van der Waals surface area contributed by atoms with E-state index >= 15 is 0 Å². The van der Waals surface area contributed by atoms with Gasteiger partial charge in [0.2, 0.25) is 0 Å². The first kappa shape index (κ1) is 9.83. The topological polar surface area (TPSA) is 58.7 Å². The molecule has 1 aliphatic heterocycles. The number of allylic oxidation sites excluding steroid dienone is 2. The fourth-order valence-corrected chi connectivity index (χ4v) is 1.10. The second-order valence-electron chi connectivity index (χ2n) is 2.59. The Kier molecular flexibility index (Phi) is 3.54. The van der Waals surface area contributed by atoms with E-state index in [1.807, 2.05) is 12.2 Å². The molecule has 0 aliphatic carbocycles. The first-order valence-corrected chi connectivity index (χ1v) is 4.07. The van der Waals surface area contributed by atoms with Crippen molar-refractivity contribution in [1.82, 2.24) is 5.01 Å². The highest BCUT2D eigenvalue weighted by atomic mass is 16.5. The van der Waals surface area contributed by atoms with Crippen LogP contribution in [0.2, 0.25) is 0 Å². The molecule has 0 saturated carbocycles. The average Bonchev–Trinajstić information content (AvgIpc) is 2.15. The van der Waals surface area contributed by atoms with Gasteiger partial charge in [0.05, 0.1) is 12.8 Å². The molecular formula is C9H14N2O2. The second-order valence-corrected chi connectivity index (χ2v) is 2.59. The summed E-state index contributed by atoms with van der Waals surface area (Å²) in [4.78, 5) is 0. The predicted molar refractivity (Wildman–Crippen MR) is 50.0 cm³/mol. The predicted octanol–water partition coefficient (Wildman–Crippen LogP) is 0.486. The molecule has 0 spiro atoms. The molecular weight excluding hydrogens is 168 g/mol. The van der Waals surface area contributed by atoms with Crippen LogP contribution in [0.25, 0.3) is 0 Å². The maximum Gasteiger partial charge on any atom is 0.143 e. The Balaban J connectivity index is 2.79. The van der Waals surface area contributed by atoms with Crippen LogP contribution in [0.1, 0.15) is 6.42 Å². The Hall–Kier alpha value is -1.26. The minimum absolute atomic E-state index is 0.109. The summed E-state index contributed by atoms with van der Waals surface area (Å²) in [7, 11) is 1.59. The Morgan fingerprint density at radius 1 is 1.69 bits per heavy atom. The number of aliphatic hydroxyl groups is 1. The summed E-state index contributed by atoms with van der Waals surface area (Å²) in [5, 5.41) is 10.1. The van der Waals surface area contributed by atoms with Crippen molar-refractivity contribution in [2.24, 2.45) is 5.84 Å². The molecule has 0 bridgehead atoms. The summed E-state index contributed by atoms with van der Waals surface area (Å²) in [6.07, 6.45) is 7.75. The minimum Gasteiger partial charge on any atom is -0.495 e. The van der Waals surface area contributed by atoms with Gasteiger partial charge < -0.3 is 9.84 Å². The van der Waals surface area contributed by atoms with E-state index in [1.54, 1.807) is 19.4 Å². The summed E-state index contributed by atoms with van der Waals surface area (Å²) >= 11 is 0. The number of hydrogen-bond acceptors (Lipinski definition) is 4. The van der Waals surface area contributed by atoms with Crippen LogP contribution in [0.5, 0.6) is 0 Å². The number of nitrogens with zero attached hydrogens (tertiary/aromatic N) is 1. The van der Waals surface area contributed by atoms with Gasteiger partial charge in [-0.25, -0.2) is 5.84 Å². The Morgan fingerprint density at radius 3 is 3.08 bits per heavy atom. The number of methoxy groups -OCH3 is 1. The number of aliphatic hydroxyl groups excluding tert-OH is 1. The van der Waals surface area contributed by atoms with Crippen LogP contribution >= 0.6 is 0 Å². The summed E-state index contributed by atoms with van der Waals surface area (Å²) in [6.45, 7) is 0.109. The lowest BCUT2D eigenvalue weighted by molar-refractivity contribution is 0.271. The van der Waals surface area contributed by atoms with E-state index < -0.39 is 0 Å². The lowest BCUT2D eigenvalue weighted by Gasteiger charge is -2.22. The lowest BCUT2D eigenvalue weighted by Crippen LogP contribution is -2.27. The van der Waals surface area contributed by atoms with Crippen molar-refractivity contribution in [3.05, 3.63) is 35.9 Å². The quantitative estimate of drug-likeness (QED) is 0.623. The van der Waals surface area contributed by atoms with Crippen LogP contribution in [-0.4, -0.2) is 23.8 Å². The summed E-state index contributed by atoms with van der Waals surface area (Å²) in [5.74, 6) is 6.37. The molecule has 3 N–H and O–H groups in total. The third-order valence-corrected chi connectivity index (χ3v) is 1.71. The fourth-order valence-electron chi connectivity index (χ4n) is 1.10. The summed E-state index contributed by atoms with van der Waals surface area (Å²) in [5.41, 5.74) is 0.777. The van der Waals surface area contributed by atoms with E-state index in [2.05, 4.69) is 0 Å². The maximum absolute atomic E-state index is 8.66. The van der Waals surface area contributed by atoms with Crippen LogP contribution in [0, 0.1) is 0 Å². The zero-order valence-electron chi connectivity index (χ0n) is 7.60. The number of rotatable bonds is 3.